The Kier molecular flexibility index (Phi) is 4.01. The van der Waals surface area contributed by atoms with E-state index in [0.29, 0.717) is 22.5 Å². The number of carbonyl (C=O) groups excluding carboxylic acids is 1. The van der Waals surface area contributed by atoms with Crippen molar-refractivity contribution in [1.82, 2.24) is 9.97 Å². The molecule has 0 fully saturated rings. The SMILES string of the molecule is COc1ccc(-c2cncc(-c3ccccc3C(N)=O)n2)cc1. The molecule has 5 nitrogen and oxygen atoms in total. The molecule has 114 valence electrons. The first-order valence-electron chi connectivity index (χ1n) is 7.04. The maximum absolute atomic E-state index is 11.6. The summed E-state index contributed by atoms with van der Waals surface area (Å²) in [6, 6.07) is 14.6. The van der Waals surface area contributed by atoms with Crippen LogP contribution in [0.4, 0.5) is 0 Å². The number of hydrogen-bond acceptors (Lipinski definition) is 4. The van der Waals surface area contributed by atoms with Crippen LogP contribution >= 0.6 is 0 Å². The fourth-order valence-electron chi connectivity index (χ4n) is 2.32. The van der Waals surface area contributed by atoms with Crippen molar-refractivity contribution in [2.75, 3.05) is 7.11 Å². The molecule has 0 aliphatic rings. The summed E-state index contributed by atoms with van der Waals surface area (Å²) in [5, 5.41) is 0. The summed E-state index contributed by atoms with van der Waals surface area (Å²) in [6.07, 6.45) is 3.30. The van der Waals surface area contributed by atoms with Crippen LogP contribution in [0, 0.1) is 0 Å². The van der Waals surface area contributed by atoms with E-state index in [4.69, 9.17) is 10.5 Å². The van der Waals surface area contributed by atoms with Crippen LogP contribution in [0.1, 0.15) is 10.4 Å². The zero-order valence-corrected chi connectivity index (χ0v) is 12.6. The summed E-state index contributed by atoms with van der Waals surface area (Å²) in [5.41, 5.74) is 8.76. The highest BCUT2D eigenvalue weighted by Gasteiger charge is 2.11. The summed E-state index contributed by atoms with van der Waals surface area (Å²) in [5.74, 6) is 0.286. The second-order valence-corrected chi connectivity index (χ2v) is 4.93. The first kappa shape index (κ1) is 14.7. The smallest absolute Gasteiger partial charge is 0.249 e. The summed E-state index contributed by atoms with van der Waals surface area (Å²) in [4.78, 5) is 20.4. The Balaban J connectivity index is 2.05. The van der Waals surface area contributed by atoms with Gasteiger partial charge in [-0.05, 0) is 30.3 Å². The maximum Gasteiger partial charge on any atom is 0.249 e. The molecule has 1 amide bonds. The molecule has 2 N–H and O–H groups in total. The quantitative estimate of drug-likeness (QED) is 0.804. The van der Waals surface area contributed by atoms with Crippen molar-refractivity contribution in [3.8, 4) is 28.3 Å². The second-order valence-electron chi connectivity index (χ2n) is 4.93. The normalized spacial score (nSPS) is 10.3. The Bertz CT molecular complexity index is 845. The molecule has 0 aliphatic carbocycles. The van der Waals surface area contributed by atoms with Crippen molar-refractivity contribution in [2.45, 2.75) is 0 Å². The molecular formula is C18H15N3O2. The molecule has 2 aromatic carbocycles. The summed E-state index contributed by atoms with van der Waals surface area (Å²) < 4.78 is 5.15. The largest absolute Gasteiger partial charge is 0.497 e. The number of amides is 1. The highest BCUT2D eigenvalue weighted by Crippen LogP contribution is 2.25. The molecule has 23 heavy (non-hydrogen) atoms. The molecule has 3 rings (SSSR count). The molecular weight excluding hydrogens is 290 g/mol. The average molecular weight is 305 g/mol. The maximum atomic E-state index is 11.6. The zero-order chi connectivity index (χ0) is 16.2. The Hall–Kier alpha value is -3.21. The minimum absolute atomic E-state index is 0.425. The predicted molar refractivity (Wildman–Crippen MR) is 88.0 cm³/mol. The molecule has 0 spiro atoms. The van der Waals surface area contributed by atoms with Gasteiger partial charge in [-0.15, -0.1) is 0 Å². The molecule has 0 unspecified atom stereocenters. The number of carbonyl (C=O) groups is 1. The van der Waals surface area contributed by atoms with Crippen LogP contribution in [0.3, 0.4) is 0 Å². The van der Waals surface area contributed by atoms with Crippen LogP contribution in [0.2, 0.25) is 0 Å². The van der Waals surface area contributed by atoms with E-state index in [1.165, 1.54) is 0 Å². The van der Waals surface area contributed by atoms with Gasteiger partial charge in [0.05, 0.1) is 30.9 Å². The topological polar surface area (TPSA) is 78.1 Å². The Labute approximate surface area is 133 Å². The molecule has 0 bridgehead atoms. The minimum atomic E-state index is -0.489. The minimum Gasteiger partial charge on any atom is -0.497 e. The fraction of sp³-hybridized carbons (Fsp3) is 0.0556. The van der Waals surface area contributed by atoms with Crippen molar-refractivity contribution in [2.24, 2.45) is 5.73 Å². The van der Waals surface area contributed by atoms with Crippen molar-refractivity contribution in [3.05, 3.63) is 66.5 Å². The lowest BCUT2D eigenvalue weighted by Crippen LogP contribution is -2.12. The van der Waals surface area contributed by atoms with E-state index in [9.17, 15) is 4.79 Å². The van der Waals surface area contributed by atoms with Crippen LogP contribution < -0.4 is 10.5 Å². The van der Waals surface area contributed by atoms with E-state index < -0.39 is 5.91 Å². The number of primary amides is 1. The number of nitrogens with two attached hydrogens (primary N) is 1. The van der Waals surface area contributed by atoms with Gasteiger partial charge in [-0.25, -0.2) is 4.98 Å². The van der Waals surface area contributed by atoms with Gasteiger partial charge in [-0.2, -0.15) is 0 Å². The van der Waals surface area contributed by atoms with E-state index in [1.807, 2.05) is 36.4 Å². The summed E-state index contributed by atoms with van der Waals surface area (Å²) in [7, 11) is 1.62. The van der Waals surface area contributed by atoms with Gasteiger partial charge in [0.25, 0.3) is 0 Å². The average Bonchev–Trinajstić information content (AvgIpc) is 2.62. The number of ether oxygens (including phenoxy) is 1. The van der Waals surface area contributed by atoms with E-state index in [1.54, 1.807) is 31.6 Å². The molecule has 0 saturated carbocycles. The Morgan fingerprint density at radius 3 is 2.39 bits per heavy atom. The van der Waals surface area contributed by atoms with Gasteiger partial charge in [0.1, 0.15) is 5.75 Å². The number of methoxy groups -OCH3 is 1. The Morgan fingerprint density at radius 1 is 1.00 bits per heavy atom. The first-order valence-corrected chi connectivity index (χ1v) is 7.04. The molecule has 0 radical (unpaired) electrons. The predicted octanol–water partition coefficient (Wildman–Crippen LogP) is 2.92. The van der Waals surface area contributed by atoms with E-state index >= 15 is 0 Å². The van der Waals surface area contributed by atoms with Crippen molar-refractivity contribution < 1.29 is 9.53 Å². The number of nitrogens with zero attached hydrogens (tertiary/aromatic N) is 2. The number of rotatable bonds is 4. The lowest BCUT2D eigenvalue weighted by atomic mass is 10.0. The molecule has 1 heterocycles. The number of benzene rings is 2. The van der Waals surface area contributed by atoms with E-state index in [0.717, 1.165) is 11.3 Å². The van der Waals surface area contributed by atoms with E-state index in [-0.39, 0.29) is 0 Å². The van der Waals surface area contributed by atoms with Gasteiger partial charge in [0.2, 0.25) is 5.91 Å². The first-order chi connectivity index (χ1) is 11.2. The molecule has 0 atom stereocenters. The second kappa shape index (κ2) is 6.27. The number of hydrogen-bond donors (Lipinski definition) is 1. The number of aromatic nitrogens is 2. The summed E-state index contributed by atoms with van der Waals surface area (Å²) >= 11 is 0. The molecule has 3 aromatic rings. The lowest BCUT2D eigenvalue weighted by molar-refractivity contribution is 0.100. The molecule has 5 heteroatoms. The van der Waals surface area contributed by atoms with Crippen LogP contribution in [0.15, 0.2) is 60.9 Å². The van der Waals surface area contributed by atoms with Crippen LogP contribution in [-0.2, 0) is 0 Å². The van der Waals surface area contributed by atoms with Crippen LogP contribution in [0.5, 0.6) is 5.75 Å². The van der Waals surface area contributed by atoms with Gasteiger partial charge >= 0.3 is 0 Å². The van der Waals surface area contributed by atoms with Gasteiger partial charge < -0.3 is 10.5 Å². The third kappa shape index (κ3) is 3.03. The van der Waals surface area contributed by atoms with Crippen molar-refractivity contribution in [1.29, 1.82) is 0 Å². The highest BCUT2D eigenvalue weighted by atomic mass is 16.5. The third-order valence-electron chi connectivity index (χ3n) is 3.49. The molecule has 0 aliphatic heterocycles. The van der Waals surface area contributed by atoms with Crippen LogP contribution in [-0.4, -0.2) is 23.0 Å². The third-order valence-corrected chi connectivity index (χ3v) is 3.49. The fourth-order valence-corrected chi connectivity index (χ4v) is 2.32. The monoisotopic (exact) mass is 305 g/mol. The highest BCUT2D eigenvalue weighted by molar-refractivity contribution is 5.99. The summed E-state index contributed by atoms with van der Waals surface area (Å²) in [6.45, 7) is 0. The standard InChI is InChI=1S/C18H15N3O2/c1-23-13-8-6-12(7-9-13)16-10-20-11-17(21-16)14-4-2-3-5-15(14)18(19)22/h2-11H,1H3,(H2,19,22). The molecule has 0 saturated heterocycles. The lowest BCUT2D eigenvalue weighted by Gasteiger charge is -2.08. The van der Waals surface area contributed by atoms with Crippen molar-refractivity contribution >= 4 is 5.91 Å². The molecule has 1 aromatic heterocycles. The van der Waals surface area contributed by atoms with Gasteiger partial charge in [-0.3, -0.25) is 9.78 Å². The Morgan fingerprint density at radius 2 is 1.70 bits per heavy atom. The zero-order valence-electron chi connectivity index (χ0n) is 12.6. The van der Waals surface area contributed by atoms with Crippen molar-refractivity contribution in [3.63, 3.8) is 0 Å². The van der Waals surface area contributed by atoms with E-state index in [2.05, 4.69) is 9.97 Å². The van der Waals surface area contributed by atoms with Gasteiger partial charge in [-0.1, -0.05) is 18.2 Å². The van der Waals surface area contributed by atoms with Gasteiger partial charge in [0, 0.05) is 16.7 Å². The van der Waals surface area contributed by atoms with Crippen LogP contribution in [0.25, 0.3) is 22.5 Å². The van der Waals surface area contributed by atoms with Gasteiger partial charge in [0.15, 0.2) is 0 Å².